The third-order valence-corrected chi connectivity index (χ3v) is 3.46. The molecule has 1 aliphatic carbocycles. The third-order valence-electron chi connectivity index (χ3n) is 2.62. The van der Waals surface area contributed by atoms with Crippen LogP contribution in [0, 0.1) is 12.8 Å². The first-order valence-electron chi connectivity index (χ1n) is 5.70. The standard InChI is InChI=1S/C12H17BrN2O/c1-9-11(13)4-5-12(15-9)14-6-7-16-8-10-2-3-10/h4-5,10H,2-3,6-8H2,1H3,(H,14,15). The van der Waals surface area contributed by atoms with Gasteiger partial charge in [0.05, 0.1) is 12.3 Å². The van der Waals surface area contributed by atoms with E-state index in [1.165, 1.54) is 12.8 Å². The highest BCUT2D eigenvalue weighted by molar-refractivity contribution is 9.10. The maximum absolute atomic E-state index is 5.53. The average Bonchev–Trinajstić information content (AvgIpc) is 3.07. The third kappa shape index (κ3) is 3.76. The van der Waals surface area contributed by atoms with Gasteiger partial charge in [0.25, 0.3) is 0 Å². The molecule has 1 aromatic heterocycles. The zero-order chi connectivity index (χ0) is 11.4. The molecular weight excluding hydrogens is 268 g/mol. The van der Waals surface area contributed by atoms with Gasteiger partial charge in [0, 0.05) is 17.6 Å². The number of hydrogen-bond donors (Lipinski definition) is 1. The van der Waals surface area contributed by atoms with E-state index in [0.29, 0.717) is 0 Å². The number of halogens is 1. The molecule has 2 rings (SSSR count). The number of aryl methyl sites for hydroxylation is 1. The lowest BCUT2D eigenvalue weighted by Crippen LogP contribution is -2.11. The molecule has 1 aliphatic rings. The van der Waals surface area contributed by atoms with E-state index in [1.54, 1.807) is 0 Å². The molecule has 3 nitrogen and oxygen atoms in total. The molecule has 1 fully saturated rings. The van der Waals surface area contributed by atoms with E-state index in [4.69, 9.17) is 4.74 Å². The molecule has 0 spiro atoms. The van der Waals surface area contributed by atoms with Crippen molar-refractivity contribution in [2.75, 3.05) is 25.1 Å². The number of hydrogen-bond acceptors (Lipinski definition) is 3. The minimum atomic E-state index is 0.757. The number of pyridine rings is 1. The summed E-state index contributed by atoms with van der Waals surface area (Å²) in [7, 11) is 0. The molecule has 0 saturated heterocycles. The first kappa shape index (κ1) is 11.9. The molecule has 88 valence electrons. The molecular formula is C12H17BrN2O. The first-order chi connectivity index (χ1) is 7.75. The maximum atomic E-state index is 5.53. The van der Waals surface area contributed by atoms with Gasteiger partial charge in [0.1, 0.15) is 5.82 Å². The van der Waals surface area contributed by atoms with Crippen LogP contribution < -0.4 is 5.32 Å². The van der Waals surface area contributed by atoms with Crippen LogP contribution in [-0.2, 0) is 4.74 Å². The topological polar surface area (TPSA) is 34.2 Å². The molecule has 4 heteroatoms. The number of anilines is 1. The van der Waals surface area contributed by atoms with E-state index in [9.17, 15) is 0 Å². The monoisotopic (exact) mass is 284 g/mol. The van der Waals surface area contributed by atoms with Gasteiger partial charge in [0.2, 0.25) is 0 Å². The highest BCUT2D eigenvalue weighted by Crippen LogP contribution is 2.28. The second-order valence-electron chi connectivity index (χ2n) is 4.21. The Morgan fingerprint density at radius 3 is 3.00 bits per heavy atom. The van der Waals surface area contributed by atoms with Crippen molar-refractivity contribution in [3.05, 3.63) is 22.3 Å². The van der Waals surface area contributed by atoms with Crippen LogP contribution in [-0.4, -0.2) is 24.7 Å². The molecule has 16 heavy (non-hydrogen) atoms. The van der Waals surface area contributed by atoms with E-state index < -0.39 is 0 Å². The lowest BCUT2D eigenvalue weighted by molar-refractivity contribution is 0.134. The van der Waals surface area contributed by atoms with Crippen LogP contribution in [0.2, 0.25) is 0 Å². The van der Waals surface area contributed by atoms with Crippen LogP contribution >= 0.6 is 15.9 Å². The molecule has 1 saturated carbocycles. The number of ether oxygens (including phenoxy) is 1. The fourth-order valence-electron chi connectivity index (χ4n) is 1.43. The number of rotatable bonds is 6. The molecule has 0 radical (unpaired) electrons. The predicted octanol–water partition coefficient (Wildman–Crippen LogP) is 2.99. The smallest absolute Gasteiger partial charge is 0.126 e. The summed E-state index contributed by atoms with van der Waals surface area (Å²) >= 11 is 3.43. The molecule has 0 aromatic carbocycles. The molecule has 0 bridgehead atoms. The summed E-state index contributed by atoms with van der Waals surface area (Å²) < 4.78 is 6.58. The molecule has 0 amide bonds. The van der Waals surface area contributed by atoms with Crippen molar-refractivity contribution in [3.63, 3.8) is 0 Å². The van der Waals surface area contributed by atoms with Crippen LogP contribution in [0.15, 0.2) is 16.6 Å². The van der Waals surface area contributed by atoms with Crippen molar-refractivity contribution in [2.24, 2.45) is 5.92 Å². The van der Waals surface area contributed by atoms with Gasteiger partial charge in [-0.1, -0.05) is 0 Å². The van der Waals surface area contributed by atoms with E-state index in [-0.39, 0.29) is 0 Å². The van der Waals surface area contributed by atoms with Crippen LogP contribution in [0.5, 0.6) is 0 Å². The molecule has 1 N–H and O–H groups in total. The van der Waals surface area contributed by atoms with Crippen molar-refractivity contribution >= 4 is 21.7 Å². The van der Waals surface area contributed by atoms with Gasteiger partial charge >= 0.3 is 0 Å². The molecule has 1 aromatic rings. The zero-order valence-corrected chi connectivity index (χ0v) is 11.1. The van der Waals surface area contributed by atoms with Gasteiger partial charge in [-0.25, -0.2) is 4.98 Å². The van der Waals surface area contributed by atoms with Crippen LogP contribution in [0.4, 0.5) is 5.82 Å². The van der Waals surface area contributed by atoms with E-state index in [1.807, 2.05) is 19.1 Å². The van der Waals surface area contributed by atoms with Crippen molar-refractivity contribution in [1.82, 2.24) is 4.98 Å². The largest absolute Gasteiger partial charge is 0.379 e. The maximum Gasteiger partial charge on any atom is 0.126 e. The minimum Gasteiger partial charge on any atom is -0.379 e. The van der Waals surface area contributed by atoms with Gasteiger partial charge in [-0.05, 0) is 53.7 Å². The van der Waals surface area contributed by atoms with Gasteiger partial charge in [-0.3, -0.25) is 0 Å². The second kappa shape index (κ2) is 5.64. The Morgan fingerprint density at radius 1 is 1.50 bits per heavy atom. The van der Waals surface area contributed by atoms with Crippen LogP contribution in [0.3, 0.4) is 0 Å². The summed E-state index contributed by atoms with van der Waals surface area (Å²) in [4.78, 5) is 4.40. The van der Waals surface area contributed by atoms with Crippen molar-refractivity contribution in [3.8, 4) is 0 Å². The fraction of sp³-hybridized carbons (Fsp3) is 0.583. The van der Waals surface area contributed by atoms with Crippen molar-refractivity contribution in [1.29, 1.82) is 0 Å². The van der Waals surface area contributed by atoms with Gasteiger partial charge < -0.3 is 10.1 Å². The Morgan fingerprint density at radius 2 is 2.31 bits per heavy atom. The summed E-state index contributed by atoms with van der Waals surface area (Å²) in [5, 5.41) is 3.25. The van der Waals surface area contributed by atoms with Crippen LogP contribution in [0.25, 0.3) is 0 Å². The summed E-state index contributed by atoms with van der Waals surface area (Å²) in [6, 6.07) is 3.98. The Balaban J connectivity index is 1.65. The molecule has 0 atom stereocenters. The van der Waals surface area contributed by atoms with E-state index in [0.717, 1.165) is 41.7 Å². The Hall–Kier alpha value is -0.610. The predicted molar refractivity (Wildman–Crippen MR) is 68.7 cm³/mol. The lowest BCUT2D eigenvalue weighted by Gasteiger charge is -2.07. The highest BCUT2D eigenvalue weighted by atomic mass is 79.9. The van der Waals surface area contributed by atoms with Gasteiger partial charge in [0.15, 0.2) is 0 Å². The van der Waals surface area contributed by atoms with Gasteiger partial charge in [-0.2, -0.15) is 0 Å². The Labute approximate surface area is 105 Å². The zero-order valence-electron chi connectivity index (χ0n) is 9.50. The van der Waals surface area contributed by atoms with Gasteiger partial charge in [-0.15, -0.1) is 0 Å². The highest BCUT2D eigenvalue weighted by Gasteiger charge is 2.20. The first-order valence-corrected chi connectivity index (χ1v) is 6.50. The second-order valence-corrected chi connectivity index (χ2v) is 5.06. The average molecular weight is 285 g/mol. The molecule has 0 aliphatic heterocycles. The minimum absolute atomic E-state index is 0.757. The SMILES string of the molecule is Cc1nc(NCCOCC2CC2)ccc1Br. The summed E-state index contributed by atoms with van der Waals surface area (Å²) in [5.74, 6) is 1.75. The Bertz CT molecular complexity index is 353. The number of aromatic nitrogens is 1. The lowest BCUT2D eigenvalue weighted by atomic mass is 10.4. The number of nitrogens with zero attached hydrogens (tertiary/aromatic N) is 1. The van der Waals surface area contributed by atoms with Crippen LogP contribution in [0.1, 0.15) is 18.5 Å². The summed E-state index contributed by atoms with van der Waals surface area (Å²) in [6.45, 7) is 4.49. The Kier molecular flexibility index (Phi) is 4.18. The van der Waals surface area contributed by atoms with Crippen molar-refractivity contribution in [2.45, 2.75) is 19.8 Å². The summed E-state index contributed by atoms with van der Waals surface area (Å²) in [6.07, 6.45) is 2.70. The van der Waals surface area contributed by atoms with E-state index >= 15 is 0 Å². The summed E-state index contributed by atoms with van der Waals surface area (Å²) in [5.41, 5.74) is 1.00. The number of nitrogens with one attached hydrogen (secondary N) is 1. The fourth-order valence-corrected chi connectivity index (χ4v) is 1.65. The molecule has 0 unspecified atom stereocenters. The van der Waals surface area contributed by atoms with Crippen molar-refractivity contribution < 1.29 is 4.74 Å². The van der Waals surface area contributed by atoms with E-state index in [2.05, 4.69) is 26.2 Å². The molecule has 1 heterocycles. The normalized spacial score (nSPS) is 15.1. The quantitative estimate of drug-likeness (QED) is 0.816.